The van der Waals surface area contributed by atoms with E-state index in [9.17, 15) is 4.79 Å². The summed E-state index contributed by atoms with van der Waals surface area (Å²) in [7, 11) is 0. The van der Waals surface area contributed by atoms with Gasteiger partial charge in [-0.3, -0.25) is 4.79 Å². The molecule has 0 aliphatic heterocycles. The Kier molecular flexibility index (Phi) is 4.16. The highest BCUT2D eigenvalue weighted by atomic mass is 16.1. The van der Waals surface area contributed by atoms with Gasteiger partial charge < -0.3 is 0 Å². The highest BCUT2D eigenvalue weighted by Crippen LogP contribution is 2.15. The van der Waals surface area contributed by atoms with Crippen molar-refractivity contribution in [3.8, 4) is 0 Å². The molecule has 98 valence electrons. The van der Waals surface area contributed by atoms with Crippen LogP contribution in [0.5, 0.6) is 0 Å². The predicted molar refractivity (Wildman–Crippen MR) is 79.8 cm³/mol. The highest BCUT2D eigenvalue weighted by Gasteiger charge is 2.10. The maximum atomic E-state index is 12.3. The SMILES string of the molecule is CCc1ccc(CC(=O)c2cc(C)ccc2C)cc1. The normalized spacial score (nSPS) is 10.5. The maximum Gasteiger partial charge on any atom is 0.167 e. The van der Waals surface area contributed by atoms with Gasteiger partial charge in [0.05, 0.1) is 0 Å². The van der Waals surface area contributed by atoms with E-state index < -0.39 is 0 Å². The van der Waals surface area contributed by atoms with E-state index in [4.69, 9.17) is 0 Å². The Morgan fingerprint density at radius 3 is 2.21 bits per heavy atom. The van der Waals surface area contributed by atoms with Gasteiger partial charge in [-0.25, -0.2) is 0 Å². The Morgan fingerprint density at radius 2 is 1.58 bits per heavy atom. The van der Waals surface area contributed by atoms with Gasteiger partial charge in [0.15, 0.2) is 5.78 Å². The molecule has 1 nitrogen and oxygen atoms in total. The second-order valence-electron chi connectivity index (χ2n) is 5.09. The van der Waals surface area contributed by atoms with Crippen molar-refractivity contribution in [2.24, 2.45) is 0 Å². The fourth-order valence-corrected chi connectivity index (χ4v) is 2.21. The van der Waals surface area contributed by atoms with E-state index >= 15 is 0 Å². The first kappa shape index (κ1) is 13.5. The summed E-state index contributed by atoms with van der Waals surface area (Å²) in [5.41, 5.74) is 5.43. The molecule has 0 amide bonds. The lowest BCUT2D eigenvalue weighted by molar-refractivity contribution is 0.0992. The fourth-order valence-electron chi connectivity index (χ4n) is 2.21. The molecule has 2 rings (SSSR count). The number of carbonyl (C=O) groups is 1. The van der Waals surface area contributed by atoms with Crippen molar-refractivity contribution in [2.45, 2.75) is 33.6 Å². The lowest BCUT2D eigenvalue weighted by Crippen LogP contribution is -2.06. The van der Waals surface area contributed by atoms with Crippen LogP contribution in [0.1, 0.15) is 39.5 Å². The van der Waals surface area contributed by atoms with Crippen LogP contribution in [-0.4, -0.2) is 5.78 Å². The van der Waals surface area contributed by atoms with E-state index in [0.717, 1.165) is 28.7 Å². The first-order chi connectivity index (χ1) is 9.10. The summed E-state index contributed by atoms with van der Waals surface area (Å²) >= 11 is 0. The van der Waals surface area contributed by atoms with Gasteiger partial charge in [0.2, 0.25) is 0 Å². The van der Waals surface area contributed by atoms with E-state index in [1.54, 1.807) is 0 Å². The number of ketones is 1. The highest BCUT2D eigenvalue weighted by molar-refractivity contribution is 5.98. The second-order valence-corrected chi connectivity index (χ2v) is 5.09. The third-order valence-electron chi connectivity index (χ3n) is 3.49. The van der Waals surface area contributed by atoms with Crippen molar-refractivity contribution in [2.75, 3.05) is 0 Å². The molecule has 2 aromatic rings. The number of Topliss-reactive ketones (excluding diaryl/α,β-unsaturated/α-hetero) is 1. The average molecular weight is 252 g/mol. The molecule has 0 unspecified atom stereocenters. The van der Waals surface area contributed by atoms with E-state index in [2.05, 4.69) is 31.2 Å². The van der Waals surface area contributed by atoms with Crippen LogP contribution in [0.2, 0.25) is 0 Å². The molecule has 0 aliphatic carbocycles. The summed E-state index contributed by atoms with van der Waals surface area (Å²) in [6.45, 7) is 6.15. The molecule has 0 saturated heterocycles. The quantitative estimate of drug-likeness (QED) is 0.742. The van der Waals surface area contributed by atoms with Gasteiger partial charge in [-0.15, -0.1) is 0 Å². The summed E-state index contributed by atoms with van der Waals surface area (Å²) in [6, 6.07) is 14.4. The summed E-state index contributed by atoms with van der Waals surface area (Å²) in [4.78, 5) is 12.3. The van der Waals surface area contributed by atoms with E-state index in [0.29, 0.717) is 6.42 Å². The van der Waals surface area contributed by atoms with Crippen molar-refractivity contribution in [1.29, 1.82) is 0 Å². The molecule has 1 heteroatoms. The standard InChI is InChI=1S/C18H20O/c1-4-15-7-9-16(10-8-15)12-18(19)17-11-13(2)5-6-14(17)3/h5-11H,4,12H2,1-3H3. The largest absolute Gasteiger partial charge is 0.294 e. The predicted octanol–water partition coefficient (Wildman–Crippen LogP) is 4.29. The third-order valence-corrected chi connectivity index (χ3v) is 3.49. The first-order valence-corrected chi connectivity index (χ1v) is 6.78. The molecule has 0 N–H and O–H groups in total. The fraction of sp³-hybridized carbons (Fsp3) is 0.278. The molecular formula is C18H20O. The van der Waals surface area contributed by atoms with Crippen molar-refractivity contribution < 1.29 is 4.79 Å². The number of hydrogen-bond acceptors (Lipinski definition) is 1. The lowest BCUT2D eigenvalue weighted by atomic mass is 9.97. The maximum absolute atomic E-state index is 12.3. The summed E-state index contributed by atoms with van der Waals surface area (Å²) in [6.07, 6.45) is 1.51. The Morgan fingerprint density at radius 1 is 0.947 bits per heavy atom. The molecule has 2 aromatic carbocycles. The van der Waals surface area contributed by atoms with Gasteiger partial charge in [0, 0.05) is 12.0 Å². The zero-order chi connectivity index (χ0) is 13.8. The van der Waals surface area contributed by atoms with Crippen LogP contribution in [0.3, 0.4) is 0 Å². The lowest BCUT2D eigenvalue weighted by Gasteiger charge is -2.07. The summed E-state index contributed by atoms with van der Waals surface area (Å²) in [5.74, 6) is 0.199. The van der Waals surface area contributed by atoms with Crippen LogP contribution >= 0.6 is 0 Å². The minimum absolute atomic E-state index is 0.199. The number of aryl methyl sites for hydroxylation is 3. The molecule has 0 bridgehead atoms. The monoisotopic (exact) mass is 252 g/mol. The number of carbonyl (C=O) groups excluding carboxylic acids is 1. The van der Waals surface area contributed by atoms with Crippen LogP contribution in [0, 0.1) is 13.8 Å². The van der Waals surface area contributed by atoms with Crippen molar-refractivity contribution >= 4 is 5.78 Å². The van der Waals surface area contributed by atoms with Crippen LogP contribution in [0.15, 0.2) is 42.5 Å². The smallest absolute Gasteiger partial charge is 0.167 e. The molecule has 0 atom stereocenters. The van der Waals surface area contributed by atoms with Crippen molar-refractivity contribution in [1.82, 2.24) is 0 Å². The zero-order valence-corrected chi connectivity index (χ0v) is 11.9. The van der Waals surface area contributed by atoms with E-state index in [1.165, 1.54) is 5.56 Å². The molecule has 0 radical (unpaired) electrons. The van der Waals surface area contributed by atoms with Gasteiger partial charge in [0.1, 0.15) is 0 Å². The minimum atomic E-state index is 0.199. The van der Waals surface area contributed by atoms with Gasteiger partial charge in [0.25, 0.3) is 0 Å². The Hall–Kier alpha value is -1.89. The molecular weight excluding hydrogens is 232 g/mol. The third kappa shape index (κ3) is 3.31. The van der Waals surface area contributed by atoms with Gasteiger partial charge in [-0.1, -0.05) is 48.9 Å². The Labute approximate surface area is 115 Å². The number of rotatable bonds is 4. The van der Waals surface area contributed by atoms with Crippen LogP contribution < -0.4 is 0 Å². The molecule has 0 spiro atoms. The molecule has 19 heavy (non-hydrogen) atoms. The molecule has 0 aliphatic rings. The minimum Gasteiger partial charge on any atom is -0.294 e. The van der Waals surface area contributed by atoms with Gasteiger partial charge >= 0.3 is 0 Å². The first-order valence-electron chi connectivity index (χ1n) is 6.78. The Balaban J connectivity index is 2.18. The zero-order valence-electron chi connectivity index (χ0n) is 11.9. The molecule has 0 fully saturated rings. The Bertz CT molecular complexity index is 579. The van der Waals surface area contributed by atoms with Gasteiger partial charge in [-0.2, -0.15) is 0 Å². The second kappa shape index (κ2) is 5.83. The van der Waals surface area contributed by atoms with Crippen LogP contribution in [0.4, 0.5) is 0 Å². The molecule has 0 saturated carbocycles. The van der Waals surface area contributed by atoms with Crippen LogP contribution in [0.25, 0.3) is 0 Å². The van der Waals surface area contributed by atoms with Crippen molar-refractivity contribution in [3.05, 3.63) is 70.3 Å². The summed E-state index contributed by atoms with van der Waals surface area (Å²) < 4.78 is 0. The molecule has 0 heterocycles. The topological polar surface area (TPSA) is 17.1 Å². The van der Waals surface area contributed by atoms with E-state index in [-0.39, 0.29) is 5.78 Å². The summed E-state index contributed by atoms with van der Waals surface area (Å²) in [5, 5.41) is 0. The number of benzene rings is 2. The number of hydrogen-bond donors (Lipinski definition) is 0. The van der Waals surface area contributed by atoms with Gasteiger partial charge in [-0.05, 0) is 43.0 Å². The average Bonchev–Trinajstić information content (AvgIpc) is 2.42. The van der Waals surface area contributed by atoms with Crippen molar-refractivity contribution in [3.63, 3.8) is 0 Å². The van der Waals surface area contributed by atoms with Crippen LogP contribution in [-0.2, 0) is 12.8 Å². The molecule has 0 aromatic heterocycles. The van der Waals surface area contributed by atoms with E-state index in [1.807, 2.05) is 32.0 Å².